The van der Waals surface area contributed by atoms with Crippen LogP contribution in [0.15, 0.2) is 47.2 Å². The molecule has 1 aromatic carbocycles. The van der Waals surface area contributed by atoms with E-state index in [0.29, 0.717) is 29.4 Å². The monoisotopic (exact) mass is 415 g/mol. The minimum atomic E-state index is -0.160. The SMILES string of the molecule is COc1ccc(CCNC(=O)CCc2csc(NC(=O)c3cccs3)n2)cc1. The second-order valence-electron chi connectivity index (χ2n) is 6.02. The van der Waals surface area contributed by atoms with Gasteiger partial charge in [-0.3, -0.25) is 14.9 Å². The highest BCUT2D eigenvalue weighted by Gasteiger charge is 2.10. The third-order valence-corrected chi connectivity index (χ3v) is 5.70. The molecule has 146 valence electrons. The first-order valence-corrected chi connectivity index (χ1v) is 10.6. The zero-order chi connectivity index (χ0) is 19.8. The third-order valence-electron chi connectivity index (χ3n) is 4.02. The predicted molar refractivity (Wildman–Crippen MR) is 112 cm³/mol. The van der Waals surface area contributed by atoms with Crippen LogP contribution in [0, 0.1) is 0 Å². The Hall–Kier alpha value is -2.71. The predicted octanol–water partition coefficient (Wildman–Crippen LogP) is 3.76. The standard InChI is InChI=1S/C20H21N3O3S2/c1-26-16-7-4-14(5-8-16)10-11-21-18(24)9-6-15-13-28-20(22-15)23-19(25)17-3-2-12-27-17/h2-5,7-8,12-13H,6,9-11H2,1H3,(H,21,24)(H,22,23,25). The Labute approximate surface area is 171 Å². The number of amides is 2. The number of aromatic nitrogens is 1. The second-order valence-corrected chi connectivity index (χ2v) is 7.83. The average Bonchev–Trinajstić information content (AvgIpc) is 3.39. The number of nitrogens with zero attached hydrogens (tertiary/aromatic N) is 1. The van der Waals surface area contributed by atoms with Crippen LogP contribution in [0.4, 0.5) is 5.13 Å². The van der Waals surface area contributed by atoms with E-state index in [0.717, 1.165) is 23.4 Å². The Kier molecular flexibility index (Phi) is 7.16. The van der Waals surface area contributed by atoms with E-state index in [9.17, 15) is 9.59 Å². The molecule has 0 spiro atoms. The van der Waals surface area contributed by atoms with Gasteiger partial charge in [0, 0.05) is 18.3 Å². The van der Waals surface area contributed by atoms with Gasteiger partial charge in [-0.25, -0.2) is 4.98 Å². The van der Waals surface area contributed by atoms with Crippen molar-refractivity contribution in [1.29, 1.82) is 0 Å². The fraction of sp³-hybridized carbons (Fsp3) is 0.250. The summed E-state index contributed by atoms with van der Waals surface area (Å²) in [5.74, 6) is 0.653. The van der Waals surface area contributed by atoms with Crippen LogP contribution in [0.3, 0.4) is 0 Å². The Morgan fingerprint density at radius 1 is 1.11 bits per heavy atom. The van der Waals surface area contributed by atoms with Crippen LogP contribution in [0.25, 0.3) is 0 Å². The lowest BCUT2D eigenvalue weighted by molar-refractivity contribution is -0.121. The number of aryl methyl sites for hydroxylation is 1. The van der Waals surface area contributed by atoms with Crippen molar-refractivity contribution in [3.8, 4) is 5.75 Å². The van der Waals surface area contributed by atoms with Crippen LogP contribution in [0.2, 0.25) is 0 Å². The van der Waals surface area contributed by atoms with Gasteiger partial charge in [0.1, 0.15) is 5.75 Å². The Morgan fingerprint density at radius 2 is 1.93 bits per heavy atom. The third kappa shape index (κ3) is 5.90. The first kappa shape index (κ1) is 20.0. The lowest BCUT2D eigenvalue weighted by Crippen LogP contribution is -2.25. The number of hydrogen-bond acceptors (Lipinski definition) is 6. The van der Waals surface area contributed by atoms with E-state index in [1.54, 1.807) is 13.2 Å². The molecule has 0 unspecified atom stereocenters. The van der Waals surface area contributed by atoms with E-state index in [-0.39, 0.29) is 11.8 Å². The highest BCUT2D eigenvalue weighted by atomic mass is 32.1. The molecular formula is C20H21N3O3S2. The lowest BCUT2D eigenvalue weighted by Gasteiger charge is -2.06. The summed E-state index contributed by atoms with van der Waals surface area (Å²) >= 11 is 2.75. The number of hydrogen-bond donors (Lipinski definition) is 2. The molecule has 8 heteroatoms. The molecule has 0 aliphatic rings. The highest BCUT2D eigenvalue weighted by Crippen LogP contribution is 2.19. The van der Waals surface area contributed by atoms with Gasteiger partial charge in [-0.05, 0) is 42.0 Å². The maximum absolute atomic E-state index is 12.0. The molecule has 0 aliphatic carbocycles. The number of benzene rings is 1. The molecule has 0 bridgehead atoms. The molecule has 0 saturated heterocycles. The summed E-state index contributed by atoms with van der Waals surface area (Å²) in [6.45, 7) is 0.588. The van der Waals surface area contributed by atoms with Crippen molar-refractivity contribution < 1.29 is 14.3 Å². The fourth-order valence-corrected chi connectivity index (χ4v) is 3.87. The summed E-state index contributed by atoms with van der Waals surface area (Å²) < 4.78 is 5.13. The number of methoxy groups -OCH3 is 1. The van der Waals surface area contributed by atoms with Crippen molar-refractivity contribution in [2.24, 2.45) is 0 Å². The van der Waals surface area contributed by atoms with Crippen molar-refractivity contribution in [2.45, 2.75) is 19.3 Å². The molecule has 3 rings (SSSR count). The van der Waals surface area contributed by atoms with Gasteiger partial charge in [-0.2, -0.15) is 0 Å². The highest BCUT2D eigenvalue weighted by molar-refractivity contribution is 7.14. The molecule has 0 atom stereocenters. The topological polar surface area (TPSA) is 80.3 Å². The number of ether oxygens (including phenoxy) is 1. The van der Waals surface area contributed by atoms with Crippen molar-refractivity contribution in [3.05, 3.63) is 63.3 Å². The van der Waals surface area contributed by atoms with Gasteiger partial charge in [-0.15, -0.1) is 22.7 Å². The maximum atomic E-state index is 12.0. The van der Waals surface area contributed by atoms with E-state index in [4.69, 9.17) is 4.74 Å². The smallest absolute Gasteiger partial charge is 0.267 e. The number of carbonyl (C=O) groups is 2. The van der Waals surface area contributed by atoms with E-state index in [1.807, 2.05) is 41.1 Å². The van der Waals surface area contributed by atoms with Crippen LogP contribution in [-0.2, 0) is 17.6 Å². The zero-order valence-corrected chi connectivity index (χ0v) is 17.1. The van der Waals surface area contributed by atoms with Crippen molar-refractivity contribution in [2.75, 3.05) is 19.0 Å². The number of thiazole rings is 1. The molecule has 0 aliphatic heterocycles. The number of thiophene rings is 1. The largest absolute Gasteiger partial charge is 0.497 e. The van der Waals surface area contributed by atoms with Gasteiger partial charge >= 0.3 is 0 Å². The number of nitrogens with one attached hydrogen (secondary N) is 2. The summed E-state index contributed by atoms with van der Waals surface area (Å²) in [6, 6.07) is 11.4. The van der Waals surface area contributed by atoms with Crippen molar-refractivity contribution in [1.82, 2.24) is 10.3 Å². The van der Waals surface area contributed by atoms with Gasteiger partial charge in [0.25, 0.3) is 5.91 Å². The van der Waals surface area contributed by atoms with Gasteiger partial charge in [-0.1, -0.05) is 18.2 Å². The number of anilines is 1. The fourth-order valence-electron chi connectivity index (χ4n) is 2.51. The van der Waals surface area contributed by atoms with Gasteiger partial charge in [0.15, 0.2) is 5.13 Å². The normalized spacial score (nSPS) is 10.5. The summed E-state index contributed by atoms with van der Waals surface area (Å²) in [5, 5.41) is 9.98. The van der Waals surface area contributed by atoms with E-state index in [2.05, 4.69) is 15.6 Å². The van der Waals surface area contributed by atoms with Crippen LogP contribution >= 0.6 is 22.7 Å². The summed E-state index contributed by atoms with van der Waals surface area (Å²) in [7, 11) is 1.64. The molecule has 6 nitrogen and oxygen atoms in total. The van der Waals surface area contributed by atoms with Gasteiger partial charge < -0.3 is 10.1 Å². The molecule has 2 amide bonds. The van der Waals surface area contributed by atoms with Crippen LogP contribution < -0.4 is 15.4 Å². The van der Waals surface area contributed by atoms with Crippen LogP contribution in [0.1, 0.15) is 27.3 Å². The lowest BCUT2D eigenvalue weighted by atomic mass is 10.1. The minimum absolute atomic E-state index is 0.00863. The molecule has 0 saturated carbocycles. The summed E-state index contributed by atoms with van der Waals surface area (Å²) in [5.41, 5.74) is 1.95. The molecule has 28 heavy (non-hydrogen) atoms. The first-order chi connectivity index (χ1) is 13.6. The average molecular weight is 416 g/mol. The first-order valence-electron chi connectivity index (χ1n) is 8.83. The van der Waals surface area contributed by atoms with Gasteiger partial charge in [0.05, 0.1) is 17.7 Å². The van der Waals surface area contributed by atoms with E-state index >= 15 is 0 Å². The number of rotatable bonds is 9. The second kappa shape index (κ2) is 10.0. The molecule has 0 radical (unpaired) electrons. The van der Waals surface area contributed by atoms with Gasteiger partial charge in [0.2, 0.25) is 5.91 Å². The minimum Gasteiger partial charge on any atom is -0.497 e. The van der Waals surface area contributed by atoms with E-state index in [1.165, 1.54) is 22.7 Å². The zero-order valence-electron chi connectivity index (χ0n) is 15.4. The van der Waals surface area contributed by atoms with Crippen LogP contribution in [0.5, 0.6) is 5.75 Å². The molecule has 2 aromatic heterocycles. The molecule has 0 fully saturated rings. The molecule has 2 heterocycles. The quantitative estimate of drug-likeness (QED) is 0.558. The molecular weight excluding hydrogens is 394 g/mol. The van der Waals surface area contributed by atoms with Crippen molar-refractivity contribution in [3.63, 3.8) is 0 Å². The molecule has 3 aromatic rings. The Bertz CT molecular complexity index is 905. The summed E-state index contributed by atoms with van der Waals surface area (Å²) in [4.78, 5) is 29.1. The summed E-state index contributed by atoms with van der Waals surface area (Å²) in [6.07, 6.45) is 1.68. The van der Waals surface area contributed by atoms with Crippen molar-refractivity contribution >= 4 is 39.6 Å². The Morgan fingerprint density at radius 3 is 2.64 bits per heavy atom. The maximum Gasteiger partial charge on any atom is 0.267 e. The Balaban J connectivity index is 1.37. The van der Waals surface area contributed by atoms with Crippen LogP contribution in [-0.4, -0.2) is 30.5 Å². The molecule has 2 N–H and O–H groups in total. The number of carbonyl (C=O) groups excluding carboxylic acids is 2. The van der Waals surface area contributed by atoms with E-state index < -0.39 is 0 Å².